The SMILES string of the molecule is C=CCC1(O)CCCCCC(N)(CC(CC)CN(C)[O-])C(CCCCC)CCCCCC(CC(CC)N=O)C(CCC)C1. The second kappa shape index (κ2) is 22.6. The summed E-state index contributed by atoms with van der Waals surface area (Å²) in [6.07, 6.45) is 24.6. The Bertz CT molecular complexity index is 719. The first-order chi connectivity index (χ1) is 20.6. The Balaban J connectivity index is 3.30. The van der Waals surface area contributed by atoms with Gasteiger partial charge >= 0.3 is 0 Å². The molecule has 1 rings (SSSR count). The van der Waals surface area contributed by atoms with E-state index in [4.69, 9.17) is 5.73 Å². The van der Waals surface area contributed by atoms with Crippen LogP contribution < -0.4 is 5.73 Å². The van der Waals surface area contributed by atoms with Crippen LogP contribution in [0.15, 0.2) is 17.8 Å². The van der Waals surface area contributed by atoms with Gasteiger partial charge in [0.1, 0.15) is 0 Å². The summed E-state index contributed by atoms with van der Waals surface area (Å²) in [7, 11) is 1.64. The molecule has 0 spiro atoms. The van der Waals surface area contributed by atoms with E-state index in [-0.39, 0.29) is 11.6 Å². The van der Waals surface area contributed by atoms with Gasteiger partial charge < -0.3 is 21.1 Å². The van der Waals surface area contributed by atoms with Crippen molar-refractivity contribution in [2.75, 3.05) is 13.6 Å². The van der Waals surface area contributed by atoms with Gasteiger partial charge in [0.2, 0.25) is 0 Å². The fourth-order valence-corrected chi connectivity index (χ4v) is 8.23. The highest BCUT2D eigenvalue weighted by Crippen LogP contribution is 2.40. The summed E-state index contributed by atoms with van der Waals surface area (Å²) >= 11 is 0. The zero-order valence-electron chi connectivity index (χ0n) is 29.2. The highest BCUT2D eigenvalue weighted by Gasteiger charge is 2.37. The van der Waals surface area contributed by atoms with Crippen molar-refractivity contribution < 1.29 is 5.11 Å². The molecule has 0 aromatic heterocycles. The summed E-state index contributed by atoms with van der Waals surface area (Å²) < 4.78 is 0. The molecular weight excluding hydrogens is 534 g/mol. The molecule has 254 valence electrons. The Morgan fingerprint density at radius 2 is 1.67 bits per heavy atom. The molecule has 0 aromatic rings. The molecule has 0 aliphatic heterocycles. The monoisotopic (exact) mass is 607 g/mol. The minimum atomic E-state index is -0.748. The maximum absolute atomic E-state index is 12.0. The first kappa shape index (κ1) is 40.2. The molecule has 1 saturated carbocycles. The summed E-state index contributed by atoms with van der Waals surface area (Å²) in [4.78, 5) is 11.7. The number of nitrogens with zero attached hydrogens (tertiary/aromatic N) is 2. The van der Waals surface area contributed by atoms with Gasteiger partial charge in [0, 0.05) is 5.54 Å². The molecule has 1 aliphatic carbocycles. The van der Waals surface area contributed by atoms with Crippen LogP contribution >= 0.6 is 0 Å². The van der Waals surface area contributed by atoms with E-state index in [9.17, 15) is 15.2 Å². The molecule has 0 heterocycles. The van der Waals surface area contributed by atoms with Crippen LogP contribution in [0.3, 0.4) is 0 Å². The predicted octanol–water partition coefficient (Wildman–Crippen LogP) is 10.3. The Morgan fingerprint density at radius 1 is 0.977 bits per heavy atom. The maximum atomic E-state index is 12.0. The van der Waals surface area contributed by atoms with E-state index in [2.05, 4.69) is 39.5 Å². The zero-order chi connectivity index (χ0) is 32.1. The van der Waals surface area contributed by atoms with Gasteiger partial charge in [-0.3, -0.25) is 0 Å². The van der Waals surface area contributed by atoms with Crippen LogP contribution in [0.25, 0.3) is 0 Å². The van der Waals surface area contributed by atoms with Gasteiger partial charge in [0.15, 0.2) is 0 Å². The van der Waals surface area contributed by atoms with Crippen LogP contribution in [0.4, 0.5) is 0 Å². The Labute approximate surface area is 267 Å². The van der Waals surface area contributed by atoms with Gasteiger partial charge in [0.05, 0.1) is 11.6 Å². The summed E-state index contributed by atoms with van der Waals surface area (Å²) in [5.41, 5.74) is 6.48. The molecule has 7 atom stereocenters. The lowest BCUT2D eigenvalue weighted by atomic mass is 9.69. The first-order valence-corrected chi connectivity index (χ1v) is 18.4. The molecule has 6 heteroatoms. The molecule has 43 heavy (non-hydrogen) atoms. The van der Waals surface area contributed by atoms with Crippen molar-refractivity contribution >= 4 is 0 Å². The van der Waals surface area contributed by atoms with E-state index < -0.39 is 5.60 Å². The molecule has 0 saturated heterocycles. The van der Waals surface area contributed by atoms with Gasteiger partial charge in [-0.2, -0.15) is 4.91 Å². The molecule has 3 N–H and O–H groups in total. The molecular formula is C37H72N3O3-. The number of rotatable bonds is 17. The number of hydrogen-bond donors (Lipinski definition) is 2. The molecule has 0 bridgehead atoms. The van der Waals surface area contributed by atoms with Crippen LogP contribution in [0.1, 0.15) is 169 Å². The average Bonchev–Trinajstić information content (AvgIpc) is 2.96. The number of aliphatic hydroxyl groups is 1. The van der Waals surface area contributed by atoms with Gasteiger partial charge in [-0.25, -0.2) is 0 Å². The average molecular weight is 607 g/mol. The van der Waals surface area contributed by atoms with Crippen molar-refractivity contribution in [2.24, 2.45) is 34.6 Å². The number of hydrogen-bond acceptors (Lipinski definition) is 6. The van der Waals surface area contributed by atoms with Crippen LogP contribution in [-0.2, 0) is 0 Å². The summed E-state index contributed by atoms with van der Waals surface area (Å²) in [5, 5.41) is 28.5. The smallest absolute Gasteiger partial charge is 0.0919 e. The molecule has 0 radical (unpaired) electrons. The van der Waals surface area contributed by atoms with E-state index >= 15 is 0 Å². The quantitative estimate of drug-likeness (QED) is 0.0742. The fourth-order valence-electron chi connectivity index (χ4n) is 8.23. The largest absolute Gasteiger partial charge is 0.785 e. The van der Waals surface area contributed by atoms with Crippen LogP contribution in [0, 0.1) is 33.8 Å². The number of unbranched alkanes of at least 4 members (excludes halogenated alkanes) is 2. The van der Waals surface area contributed by atoms with Crippen molar-refractivity contribution in [1.29, 1.82) is 0 Å². The Kier molecular flexibility index (Phi) is 21.2. The topological polar surface area (TPSA) is 102 Å². The fraction of sp³-hybridized carbons (Fsp3) is 0.946. The molecule has 0 amide bonds. The van der Waals surface area contributed by atoms with E-state index in [0.717, 1.165) is 95.0 Å². The van der Waals surface area contributed by atoms with E-state index in [1.54, 1.807) is 7.05 Å². The third-order valence-corrected chi connectivity index (χ3v) is 10.8. The van der Waals surface area contributed by atoms with Crippen molar-refractivity contribution in [3.8, 4) is 0 Å². The van der Waals surface area contributed by atoms with Crippen molar-refractivity contribution in [1.82, 2.24) is 5.06 Å². The lowest BCUT2D eigenvalue weighted by molar-refractivity contribution is -0.00553. The minimum absolute atomic E-state index is 0.136. The van der Waals surface area contributed by atoms with Crippen LogP contribution in [0.2, 0.25) is 0 Å². The lowest BCUT2D eigenvalue weighted by Gasteiger charge is -2.42. The Hall–Kier alpha value is -0.820. The summed E-state index contributed by atoms with van der Waals surface area (Å²) in [5.74, 6) is 1.61. The highest BCUT2D eigenvalue weighted by molar-refractivity contribution is 4.95. The molecule has 1 aliphatic rings. The van der Waals surface area contributed by atoms with Crippen molar-refractivity contribution in [3.63, 3.8) is 0 Å². The predicted molar refractivity (Wildman–Crippen MR) is 186 cm³/mol. The summed E-state index contributed by atoms with van der Waals surface area (Å²) in [6, 6.07) is -0.136. The molecule has 1 fully saturated rings. The van der Waals surface area contributed by atoms with E-state index in [1.807, 2.05) is 6.08 Å². The highest BCUT2D eigenvalue weighted by atomic mass is 16.5. The third kappa shape index (κ3) is 15.8. The van der Waals surface area contributed by atoms with Crippen molar-refractivity contribution in [3.05, 3.63) is 22.8 Å². The number of nitroso groups, excluding NO2 is 1. The molecule has 0 aromatic carbocycles. The van der Waals surface area contributed by atoms with E-state index in [0.29, 0.717) is 36.6 Å². The van der Waals surface area contributed by atoms with Crippen molar-refractivity contribution in [2.45, 2.75) is 186 Å². The van der Waals surface area contributed by atoms with Gasteiger partial charge in [-0.1, -0.05) is 122 Å². The summed E-state index contributed by atoms with van der Waals surface area (Å²) in [6.45, 7) is 13.3. The normalized spacial score (nSPS) is 30.1. The van der Waals surface area contributed by atoms with Gasteiger partial charge in [0.25, 0.3) is 0 Å². The molecule has 7 unspecified atom stereocenters. The number of hydroxylamine groups is 2. The zero-order valence-corrected chi connectivity index (χ0v) is 29.2. The van der Waals surface area contributed by atoms with E-state index in [1.165, 1.54) is 44.9 Å². The van der Waals surface area contributed by atoms with Gasteiger partial charge in [-0.05, 0) is 95.1 Å². The standard InChI is InChI=1S/C37H72N3O3/c1-7-12-15-22-34-23-17-13-16-21-32(27-35(11-5)39-42)33(20-8-2)29-36(41,24-9-3)25-18-14-19-26-37(34,38)28-31(10-4)30-40(6)43/h9,31-35,41H,3,7-8,10-30,38H2,1-2,4-6H3/q-1. The second-order valence-electron chi connectivity index (χ2n) is 14.5. The second-order valence-corrected chi connectivity index (χ2v) is 14.5. The Morgan fingerprint density at radius 3 is 2.28 bits per heavy atom. The lowest BCUT2D eigenvalue weighted by Crippen LogP contribution is -2.49. The minimum Gasteiger partial charge on any atom is -0.785 e. The van der Waals surface area contributed by atoms with Gasteiger partial charge in [-0.15, -0.1) is 6.58 Å². The number of nitrogens with two attached hydrogens (primary N) is 1. The maximum Gasteiger partial charge on any atom is 0.0919 e. The third-order valence-electron chi connectivity index (χ3n) is 10.8. The van der Waals surface area contributed by atoms with Crippen LogP contribution in [-0.4, -0.2) is 40.9 Å². The molecule has 6 nitrogen and oxygen atoms in total. The first-order valence-electron chi connectivity index (χ1n) is 18.4. The van der Waals surface area contributed by atoms with Crippen LogP contribution in [0.5, 0.6) is 0 Å².